The Morgan fingerprint density at radius 3 is 1.78 bits per heavy atom. The van der Waals surface area contributed by atoms with E-state index in [-0.39, 0.29) is 19.4 Å². The highest BCUT2D eigenvalue weighted by atomic mass is 31.2. The molecule has 0 aromatic rings. The van der Waals surface area contributed by atoms with Crippen molar-refractivity contribution < 1.29 is 43.0 Å². The zero-order chi connectivity index (χ0) is 37.7. The molecule has 0 aromatic heterocycles. The molecule has 0 amide bonds. The van der Waals surface area contributed by atoms with Gasteiger partial charge in [0.2, 0.25) is 0 Å². The number of allylic oxidation sites excluding steroid dienone is 8. The molecule has 0 aliphatic heterocycles. The number of aliphatic hydroxyl groups excluding tert-OH is 1. The van der Waals surface area contributed by atoms with E-state index < -0.39 is 38.6 Å². The summed E-state index contributed by atoms with van der Waals surface area (Å²) >= 11 is 0. The Bertz CT molecular complexity index is 1030. The molecule has 0 spiro atoms. The van der Waals surface area contributed by atoms with Gasteiger partial charge in [0.25, 0.3) is 0 Å². The quantitative estimate of drug-likeness (QED) is 0.0190. The second-order valence-corrected chi connectivity index (χ2v) is 14.3. The van der Waals surface area contributed by atoms with Crippen molar-refractivity contribution in [2.75, 3.05) is 13.2 Å². The first-order valence-corrected chi connectivity index (χ1v) is 21.2. The van der Waals surface area contributed by atoms with Crippen LogP contribution in [0, 0.1) is 0 Å². The number of hydrogen-bond acceptors (Lipinski definition) is 7. The van der Waals surface area contributed by atoms with E-state index in [1.807, 2.05) is 42.5 Å². The van der Waals surface area contributed by atoms with Gasteiger partial charge >= 0.3 is 19.8 Å². The summed E-state index contributed by atoms with van der Waals surface area (Å²) < 4.78 is 26.3. The molecule has 294 valence electrons. The highest BCUT2D eigenvalue weighted by Crippen LogP contribution is 2.36. The lowest BCUT2D eigenvalue weighted by molar-refractivity contribution is -0.161. The van der Waals surface area contributed by atoms with Gasteiger partial charge < -0.3 is 24.4 Å². The molecule has 0 rings (SSSR count). The molecule has 0 bridgehead atoms. The molecule has 9 nitrogen and oxygen atoms in total. The molecule has 0 aliphatic rings. The average molecular weight is 739 g/mol. The molecule has 2 atom stereocenters. The SMILES string of the molecule is CC/C=C\C/C=C\CC(O)/C=C/C=C\C/C=C\CCCC(=O)O[C@H](COC(=O)CCCCCCCCCCCCCCCCC)COP(=O)(O)O. The van der Waals surface area contributed by atoms with E-state index in [9.17, 15) is 19.3 Å². The van der Waals surface area contributed by atoms with Crippen molar-refractivity contribution in [2.24, 2.45) is 0 Å². The number of phosphoric ester groups is 1. The first kappa shape index (κ1) is 48.7. The number of esters is 2. The lowest BCUT2D eigenvalue weighted by atomic mass is 10.0. The molecule has 0 aromatic carbocycles. The normalized spacial score (nSPS) is 13.7. The number of hydrogen-bond donors (Lipinski definition) is 3. The molecule has 0 saturated carbocycles. The highest BCUT2D eigenvalue weighted by Gasteiger charge is 2.22. The summed E-state index contributed by atoms with van der Waals surface area (Å²) in [6.45, 7) is 3.44. The van der Waals surface area contributed by atoms with Crippen molar-refractivity contribution in [3.63, 3.8) is 0 Å². The van der Waals surface area contributed by atoms with Gasteiger partial charge in [0.1, 0.15) is 6.61 Å². The zero-order valence-corrected chi connectivity index (χ0v) is 32.7. The lowest BCUT2D eigenvalue weighted by Gasteiger charge is -2.18. The van der Waals surface area contributed by atoms with E-state index in [0.29, 0.717) is 32.1 Å². The fraction of sp³-hybridized carbons (Fsp3) is 0.707. The summed E-state index contributed by atoms with van der Waals surface area (Å²) in [6, 6.07) is 0. The maximum absolute atomic E-state index is 12.4. The first-order valence-electron chi connectivity index (χ1n) is 19.7. The zero-order valence-electron chi connectivity index (χ0n) is 31.8. The van der Waals surface area contributed by atoms with Crippen LogP contribution >= 0.6 is 7.82 Å². The van der Waals surface area contributed by atoms with Crippen LogP contribution in [0.3, 0.4) is 0 Å². The van der Waals surface area contributed by atoms with Gasteiger partial charge in [0.15, 0.2) is 6.10 Å². The second kappa shape index (κ2) is 36.1. The average Bonchev–Trinajstić information content (AvgIpc) is 3.09. The number of unbranched alkanes of at least 4 members (excludes halogenated alkanes) is 15. The fourth-order valence-corrected chi connectivity index (χ4v) is 5.56. The maximum Gasteiger partial charge on any atom is 0.469 e. The van der Waals surface area contributed by atoms with Gasteiger partial charge in [-0.15, -0.1) is 0 Å². The van der Waals surface area contributed by atoms with E-state index in [1.165, 1.54) is 70.6 Å². The molecule has 1 unspecified atom stereocenters. The van der Waals surface area contributed by atoms with Gasteiger partial charge in [0.05, 0.1) is 12.7 Å². The number of carbonyl (C=O) groups excluding carboxylic acids is 2. The van der Waals surface area contributed by atoms with Crippen LogP contribution in [0.5, 0.6) is 0 Å². The monoisotopic (exact) mass is 738 g/mol. The van der Waals surface area contributed by atoms with Crippen molar-refractivity contribution in [3.05, 3.63) is 60.8 Å². The molecule has 10 heteroatoms. The van der Waals surface area contributed by atoms with Crippen LogP contribution in [0.4, 0.5) is 0 Å². The topological polar surface area (TPSA) is 140 Å². The van der Waals surface area contributed by atoms with Crippen molar-refractivity contribution in [1.82, 2.24) is 0 Å². The van der Waals surface area contributed by atoms with Gasteiger partial charge in [-0.25, -0.2) is 4.57 Å². The second-order valence-electron chi connectivity index (χ2n) is 13.1. The van der Waals surface area contributed by atoms with Gasteiger partial charge in [0, 0.05) is 12.8 Å². The summed E-state index contributed by atoms with van der Waals surface area (Å²) in [5.74, 6) is -0.993. The standard InChI is InChI=1S/C41H71O9P/c1-3-5-7-9-11-12-13-14-15-16-17-18-22-26-30-34-40(43)48-36-39(37-49-51(45,46)47)50-41(44)35-31-27-23-20-19-21-25-29-33-38(42)32-28-24-10-8-6-4-2/h6,8,20-21,23-25,28-29,33,38-39,42H,3-5,7,9-19,22,26-27,30-32,34-37H2,1-2H3,(H2,45,46,47)/b8-6-,23-20-,25-21-,28-24-,33-29+/t38?,39-/m1/s1. The predicted molar refractivity (Wildman–Crippen MR) is 208 cm³/mol. The molecule has 0 aliphatic carbocycles. The largest absolute Gasteiger partial charge is 0.469 e. The van der Waals surface area contributed by atoms with Crippen LogP contribution in [0.15, 0.2) is 60.8 Å². The first-order chi connectivity index (χ1) is 24.7. The fourth-order valence-electron chi connectivity index (χ4n) is 5.20. The van der Waals surface area contributed by atoms with E-state index in [0.717, 1.165) is 32.1 Å². The van der Waals surface area contributed by atoms with Crippen LogP contribution in [-0.4, -0.2) is 52.3 Å². The van der Waals surface area contributed by atoms with Gasteiger partial charge in [-0.3, -0.25) is 14.1 Å². The third kappa shape index (κ3) is 38.8. The molecular weight excluding hydrogens is 667 g/mol. The van der Waals surface area contributed by atoms with Gasteiger partial charge in [-0.2, -0.15) is 0 Å². The van der Waals surface area contributed by atoms with Crippen LogP contribution in [0.25, 0.3) is 0 Å². The predicted octanol–water partition coefficient (Wildman–Crippen LogP) is 10.7. The smallest absolute Gasteiger partial charge is 0.462 e. The summed E-state index contributed by atoms with van der Waals surface area (Å²) in [7, 11) is -4.78. The highest BCUT2D eigenvalue weighted by molar-refractivity contribution is 7.46. The van der Waals surface area contributed by atoms with Crippen LogP contribution in [-0.2, 0) is 28.2 Å². The summed E-state index contributed by atoms with van der Waals surface area (Å²) in [5.41, 5.74) is 0. The molecule has 51 heavy (non-hydrogen) atoms. The number of rotatable bonds is 35. The van der Waals surface area contributed by atoms with Gasteiger partial charge in [-0.1, -0.05) is 164 Å². The van der Waals surface area contributed by atoms with Crippen LogP contribution in [0.2, 0.25) is 0 Å². The minimum Gasteiger partial charge on any atom is -0.462 e. The Kier molecular flexibility index (Phi) is 34.5. The summed E-state index contributed by atoms with van der Waals surface area (Å²) in [5, 5.41) is 9.97. The Morgan fingerprint density at radius 1 is 0.627 bits per heavy atom. The molecule has 0 saturated heterocycles. The molecule has 3 N–H and O–H groups in total. The van der Waals surface area contributed by atoms with Crippen molar-refractivity contribution in [1.29, 1.82) is 0 Å². The van der Waals surface area contributed by atoms with E-state index >= 15 is 0 Å². The van der Waals surface area contributed by atoms with E-state index in [4.69, 9.17) is 19.3 Å². The summed E-state index contributed by atoms with van der Waals surface area (Å²) in [4.78, 5) is 42.7. The number of aliphatic hydroxyl groups is 1. The molecule has 0 heterocycles. The maximum atomic E-state index is 12.4. The Morgan fingerprint density at radius 2 is 1.18 bits per heavy atom. The van der Waals surface area contributed by atoms with Crippen molar-refractivity contribution >= 4 is 19.8 Å². The Labute approximate surface area is 309 Å². The minimum atomic E-state index is -4.78. The van der Waals surface area contributed by atoms with Gasteiger partial charge in [-0.05, 0) is 44.9 Å². The lowest BCUT2D eigenvalue weighted by Crippen LogP contribution is -2.29. The Balaban J connectivity index is 4.12. The van der Waals surface area contributed by atoms with E-state index in [1.54, 1.807) is 6.08 Å². The van der Waals surface area contributed by atoms with Crippen LogP contribution in [0.1, 0.15) is 162 Å². The third-order valence-electron chi connectivity index (χ3n) is 8.13. The van der Waals surface area contributed by atoms with E-state index in [2.05, 4.69) is 30.5 Å². The van der Waals surface area contributed by atoms with Crippen molar-refractivity contribution in [2.45, 2.75) is 174 Å². The number of ether oxygens (including phenoxy) is 2. The molecular formula is C41H71O9P. The molecule has 0 fully saturated rings. The number of carbonyl (C=O) groups is 2. The molecule has 0 radical (unpaired) electrons. The Hall–Kier alpha value is -2.29. The van der Waals surface area contributed by atoms with Crippen LogP contribution < -0.4 is 0 Å². The minimum absolute atomic E-state index is 0.101. The summed E-state index contributed by atoms with van der Waals surface area (Å²) in [6.07, 6.45) is 41.2. The third-order valence-corrected chi connectivity index (χ3v) is 8.62. The number of phosphoric acid groups is 1. The van der Waals surface area contributed by atoms with Crippen molar-refractivity contribution in [3.8, 4) is 0 Å².